The molecule has 0 bridgehead atoms. The maximum absolute atomic E-state index is 6.38. The first-order valence-corrected chi connectivity index (χ1v) is 8.49. The molecule has 0 radical (unpaired) electrons. The maximum atomic E-state index is 6.38. The van der Waals surface area contributed by atoms with Crippen LogP contribution in [0.25, 0.3) is 44.1 Å². The van der Waals surface area contributed by atoms with Gasteiger partial charge in [0, 0.05) is 10.8 Å². The monoisotopic (exact) mass is 327 g/mol. The summed E-state index contributed by atoms with van der Waals surface area (Å²) in [5, 5.41) is 4.79. The average molecular weight is 327 g/mol. The number of imidazole rings is 1. The normalized spacial score (nSPS) is 11.8. The lowest BCUT2D eigenvalue weighted by molar-refractivity contribution is -0.659. The SMILES string of the molecule is Cc1ccc2c(oc3cc4ccccc4cc32)c1-c1n(C)cc[n+]1C. The smallest absolute Gasteiger partial charge is 0.292 e. The van der Waals surface area contributed by atoms with E-state index in [9.17, 15) is 0 Å². The zero-order chi connectivity index (χ0) is 17.1. The fourth-order valence-corrected chi connectivity index (χ4v) is 3.84. The summed E-state index contributed by atoms with van der Waals surface area (Å²) in [6.45, 7) is 2.14. The van der Waals surface area contributed by atoms with Crippen LogP contribution in [0.5, 0.6) is 0 Å². The predicted octanol–water partition coefficient (Wildman–Crippen LogP) is 4.88. The molecular weight excluding hydrogens is 308 g/mol. The van der Waals surface area contributed by atoms with Crippen molar-refractivity contribution in [3.63, 3.8) is 0 Å². The van der Waals surface area contributed by atoms with Crippen molar-refractivity contribution < 1.29 is 8.98 Å². The molecule has 0 aliphatic rings. The molecule has 3 nitrogen and oxygen atoms in total. The minimum absolute atomic E-state index is 0.942. The first-order chi connectivity index (χ1) is 12.1. The number of aromatic nitrogens is 2. The summed E-state index contributed by atoms with van der Waals surface area (Å²) in [5.74, 6) is 1.15. The largest absolute Gasteiger partial charge is 0.455 e. The van der Waals surface area contributed by atoms with Gasteiger partial charge in [0.2, 0.25) is 0 Å². The Morgan fingerprint density at radius 2 is 1.72 bits per heavy atom. The van der Waals surface area contributed by atoms with Crippen molar-refractivity contribution in [2.45, 2.75) is 6.92 Å². The highest BCUT2D eigenvalue weighted by molar-refractivity contribution is 6.13. The minimum Gasteiger partial charge on any atom is -0.455 e. The Balaban J connectivity index is 1.96. The molecule has 25 heavy (non-hydrogen) atoms. The summed E-state index contributed by atoms with van der Waals surface area (Å²) in [6.07, 6.45) is 4.15. The molecule has 5 aromatic rings. The van der Waals surface area contributed by atoms with Gasteiger partial charge in [-0.1, -0.05) is 36.4 Å². The molecule has 0 saturated carbocycles. The molecule has 0 aliphatic heterocycles. The maximum Gasteiger partial charge on any atom is 0.292 e. The first-order valence-electron chi connectivity index (χ1n) is 8.49. The summed E-state index contributed by atoms with van der Waals surface area (Å²) in [6, 6.07) is 17.2. The van der Waals surface area contributed by atoms with Gasteiger partial charge in [0.25, 0.3) is 5.82 Å². The second-order valence-electron chi connectivity index (χ2n) is 6.78. The van der Waals surface area contributed by atoms with Gasteiger partial charge >= 0.3 is 0 Å². The highest BCUT2D eigenvalue weighted by Gasteiger charge is 2.23. The Hall–Kier alpha value is -3.07. The number of aryl methyl sites for hydroxylation is 3. The van der Waals surface area contributed by atoms with Gasteiger partial charge in [-0.05, 0) is 35.4 Å². The van der Waals surface area contributed by atoms with Crippen molar-refractivity contribution in [1.29, 1.82) is 0 Å². The topological polar surface area (TPSA) is 21.9 Å². The Morgan fingerprint density at radius 3 is 2.44 bits per heavy atom. The molecule has 0 N–H and O–H groups in total. The molecule has 3 heteroatoms. The Labute approximate surface area is 145 Å². The molecule has 0 spiro atoms. The lowest BCUT2D eigenvalue weighted by Gasteiger charge is -2.04. The number of hydrogen-bond acceptors (Lipinski definition) is 1. The van der Waals surface area contributed by atoms with Crippen molar-refractivity contribution in [1.82, 2.24) is 4.57 Å². The number of furan rings is 1. The van der Waals surface area contributed by atoms with Gasteiger partial charge in [-0.2, -0.15) is 0 Å². The van der Waals surface area contributed by atoms with E-state index in [-0.39, 0.29) is 0 Å². The fourth-order valence-electron chi connectivity index (χ4n) is 3.84. The third-order valence-electron chi connectivity index (χ3n) is 5.12. The molecule has 5 rings (SSSR count). The van der Waals surface area contributed by atoms with Gasteiger partial charge in [-0.25, -0.2) is 9.13 Å². The Kier molecular flexibility index (Phi) is 2.84. The van der Waals surface area contributed by atoms with Gasteiger partial charge in [0.05, 0.1) is 14.1 Å². The third-order valence-corrected chi connectivity index (χ3v) is 5.12. The summed E-state index contributed by atoms with van der Waals surface area (Å²) in [4.78, 5) is 0. The summed E-state index contributed by atoms with van der Waals surface area (Å²) >= 11 is 0. The highest BCUT2D eigenvalue weighted by atomic mass is 16.3. The zero-order valence-electron chi connectivity index (χ0n) is 14.6. The van der Waals surface area contributed by atoms with Gasteiger partial charge in [0.15, 0.2) is 5.58 Å². The second kappa shape index (κ2) is 4.96. The number of nitrogens with zero attached hydrogens (tertiary/aromatic N) is 2. The molecular formula is C22H19N2O+. The second-order valence-corrected chi connectivity index (χ2v) is 6.78. The number of rotatable bonds is 1. The van der Waals surface area contributed by atoms with E-state index in [1.807, 2.05) is 0 Å². The lowest BCUT2D eigenvalue weighted by atomic mass is 10.0. The summed E-state index contributed by atoms with van der Waals surface area (Å²) < 4.78 is 10.7. The van der Waals surface area contributed by atoms with E-state index in [4.69, 9.17) is 4.42 Å². The van der Waals surface area contributed by atoms with E-state index < -0.39 is 0 Å². The molecule has 122 valence electrons. The van der Waals surface area contributed by atoms with Gasteiger partial charge in [0.1, 0.15) is 23.5 Å². The summed E-state index contributed by atoms with van der Waals surface area (Å²) in [7, 11) is 4.15. The quantitative estimate of drug-likeness (QED) is 0.402. The molecule has 0 atom stereocenters. The lowest BCUT2D eigenvalue weighted by Crippen LogP contribution is -2.29. The first kappa shape index (κ1) is 14.3. The molecule has 3 aromatic carbocycles. The van der Waals surface area contributed by atoms with Crippen molar-refractivity contribution >= 4 is 32.7 Å². The van der Waals surface area contributed by atoms with Crippen LogP contribution in [0, 0.1) is 6.92 Å². The van der Waals surface area contributed by atoms with E-state index in [0.29, 0.717) is 0 Å². The number of fused-ring (bicyclic) bond motifs is 4. The van der Waals surface area contributed by atoms with Crippen LogP contribution in [-0.4, -0.2) is 4.57 Å². The molecule has 2 heterocycles. The van der Waals surface area contributed by atoms with Crippen molar-refractivity contribution in [2.24, 2.45) is 14.1 Å². The summed E-state index contributed by atoms with van der Waals surface area (Å²) in [5.41, 5.74) is 4.28. The standard InChI is InChI=1S/C22H19N2O/c1-14-8-9-17-18-12-15-6-4-5-7-16(15)13-19(18)25-21(17)20(14)22-23(2)10-11-24(22)3/h4-13H,1-3H3/q+1. The fraction of sp³-hybridized carbons (Fsp3) is 0.136. The van der Waals surface area contributed by atoms with Crippen molar-refractivity contribution in [3.05, 3.63) is 66.5 Å². The minimum atomic E-state index is 0.942. The van der Waals surface area contributed by atoms with Crippen LogP contribution in [0.15, 0.2) is 65.3 Å². The van der Waals surface area contributed by atoms with E-state index in [1.165, 1.54) is 27.1 Å². The molecule has 0 unspecified atom stereocenters. The van der Waals surface area contributed by atoms with Crippen LogP contribution >= 0.6 is 0 Å². The van der Waals surface area contributed by atoms with Crippen LogP contribution in [0.1, 0.15) is 5.56 Å². The molecule has 0 fully saturated rings. The highest BCUT2D eigenvalue weighted by Crippen LogP contribution is 2.38. The van der Waals surface area contributed by atoms with Gasteiger partial charge in [-0.15, -0.1) is 0 Å². The van der Waals surface area contributed by atoms with Gasteiger partial charge in [-0.3, -0.25) is 0 Å². The molecule has 0 aliphatic carbocycles. The van der Waals surface area contributed by atoms with Crippen molar-refractivity contribution in [3.8, 4) is 11.4 Å². The van der Waals surface area contributed by atoms with Crippen LogP contribution < -0.4 is 4.57 Å². The Bertz CT molecular complexity index is 1250. The molecule has 0 saturated heterocycles. The van der Waals surface area contributed by atoms with E-state index in [2.05, 4.69) is 91.1 Å². The van der Waals surface area contributed by atoms with E-state index >= 15 is 0 Å². The predicted molar refractivity (Wildman–Crippen MR) is 102 cm³/mol. The third kappa shape index (κ3) is 1.96. The van der Waals surface area contributed by atoms with Gasteiger partial charge < -0.3 is 4.42 Å². The van der Waals surface area contributed by atoms with Crippen LogP contribution in [0.2, 0.25) is 0 Å². The zero-order valence-corrected chi connectivity index (χ0v) is 14.6. The van der Waals surface area contributed by atoms with E-state index in [0.717, 1.165) is 22.6 Å². The number of benzene rings is 3. The van der Waals surface area contributed by atoms with E-state index in [1.54, 1.807) is 0 Å². The molecule has 0 amide bonds. The van der Waals surface area contributed by atoms with Crippen LogP contribution in [-0.2, 0) is 14.1 Å². The van der Waals surface area contributed by atoms with Crippen LogP contribution in [0.3, 0.4) is 0 Å². The average Bonchev–Trinajstić information content (AvgIpc) is 3.13. The van der Waals surface area contributed by atoms with Crippen LogP contribution in [0.4, 0.5) is 0 Å². The number of hydrogen-bond donors (Lipinski definition) is 0. The molecule has 2 aromatic heterocycles. The van der Waals surface area contributed by atoms with Crippen molar-refractivity contribution in [2.75, 3.05) is 0 Å². The Morgan fingerprint density at radius 1 is 0.960 bits per heavy atom.